The number of hydrogen-bond donors (Lipinski definition) is 1. The lowest BCUT2D eigenvalue weighted by molar-refractivity contribution is -0.132. The molecule has 0 saturated heterocycles. The minimum absolute atomic E-state index is 0.0570. The molecule has 1 aliphatic heterocycles. The van der Waals surface area contributed by atoms with Crippen molar-refractivity contribution in [2.45, 2.75) is 32.7 Å². The lowest BCUT2D eigenvalue weighted by atomic mass is 9.92. The van der Waals surface area contributed by atoms with E-state index in [0.29, 0.717) is 6.54 Å². The Hall–Kier alpha value is -1.65. The second kappa shape index (κ2) is 7.28. The average Bonchev–Trinajstić information content (AvgIpc) is 3.03. The highest BCUT2D eigenvalue weighted by Crippen LogP contribution is 2.37. The van der Waals surface area contributed by atoms with E-state index in [-0.39, 0.29) is 11.9 Å². The molecule has 1 aliphatic rings. The lowest BCUT2D eigenvalue weighted by Crippen LogP contribution is -2.44. The minimum Gasteiger partial charge on any atom is -0.330 e. The van der Waals surface area contributed by atoms with Crippen molar-refractivity contribution >= 4 is 17.2 Å². The number of rotatable bonds is 5. The number of aryl methyl sites for hydroxylation is 1. The van der Waals surface area contributed by atoms with Crippen molar-refractivity contribution in [2.75, 3.05) is 19.6 Å². The third-order valence-electron chi connectivity index (χ3n) is 4.38. The van der Waals surface area contributed by atoms with Crippen molar-refractivity contribution in [1.29, 1.82) is 0 Å². The Morgan fingerprint density at radius 3 is 2.83 bits per heavy atom. The zero-order valence-electron chi connectivity index (χ0n) is 13.8. The van der Waals surface area contributed by atoms with Gasteiger partial charge in [0.15, 0.2) is 0 Å². The van der Waals surface area contributed by atoms with Crippen LogP contribution in [-0.2, 0) is 11.2 Å². The van der Waals surface area contributed by atoms with E-state index in [1.54, 1.807) is 0 Å². The fourth-order valence-electron chi connectivity index (χ4n) is 3.17. The summed E-state index contributed by atoms with van der Waals surface area (Å²) in [7, 11) is 0. The van der Waals surface area contributed by atoms with E-state index in [4.69, 9.17) is 0 Å². The summed E-state index contributed by atoms with van der Waals surface area (Å²) < 4.78 is 0. The summed E-state index contributed by atoms with van der Waals surface area (Å²) >= 11 is 1.81. The minimum atomic E-state index is 0.0570. The van der Waals surface area contributed by atoms with Crippen LogP contribution in [0.2, 0.25) is 0 Å². The maximum absolute atomic E-state index is 12.7. The van der Waals surface area contributed by atoms with Gasteiger partial charge < -0.3 is 10.2 Å². The summed E-state index contributed by atoms with van der Waals surface area (Å²) in [5, 5.41) is 5.39. The van der Waals surface area contributed by atoms with Gasteiger partial charge in [0.2, 0.25) is 5.91 Å². The highest BCUT2D eigenvalue weighted by atomic mass is 32.1. The molecule has 0 unspecified atom stereocenters. The molecule has 0 saturated carbocycles. The first-order valence-corrected chi connectivity index (χ1v) is 9.21. The number of benzene rings is 1. The molecule has 0 aliphatic carbocycles. The molecule has 1 atom stereocenters. The van der Waals surface area contributed by atoms with Crippen LogP contribution in [0.15, 0.2) is 35.7 Å². The highest BCUT2D eigenvalue weighted by Gasteiger charge is 2.32. The highest BCUT2D eigenvalue weighted by molar-refractivity contribution is 7.10. The van der Waals surface area contributed by atoms with Gasteiger partial charge in [0.1, 0.15) is 0 Å². The second-order valence-corrected chi connectivity index (χ2v) is 7.13. The predicted octanol–water partition coefficient (Wildman–Crippen LogP) is 3.53. The maximum Gasteiger partial charge on any atom is 0.237 e. The summed E-state index contributed by atoms with van der Waals surface area (Å²) in [5.74, 6) is 0.195. The average molecular weight is 328 g/mol. The molecular weight excluding hydrogens is 304 g/mol. The quantitative estimate of drug-likeness (QED) is 0.852. The molecule has 1 amide bonds. The smallest absolute Gasteiger partial charge is 0.237 e. The molecule has 0 spiro atoms. The number of thiophene rings is 1. The normalized spacial score (nSPS) is 17.1. The predicted molar refractivity (Wildman–Crippen MR) is 95.9 cm³/mol. The molecular formula is C19H24N2OS. The molecule has 2 aromatic rings. The molecule has 0 fully saturated rings. The molecule has 3 nitrogen and oxygen atoms in total. The second-order valence-electron chi connectivity index (χ2n) is 6.13. The van der Waals surface area contributed by atoms with Gasteiger partial charge in [-0.15, -0.1) is 11.3 Å². The molecule has 0 radical (unpaired) electrons. The number of hydrogen-bond acceptors (Lipinski definition) is 3. The van der Waals surface area contributed by atoms with Crippen LogP contribution >= 0.6 is 11.3 Å². The Bertz CT molecular complexity index is 662. The van der Waals surface area contributed by atoms with E-state index in [1.807, 2.05) is 16.2 Å². The van der Waals surface area contributed by atoms with Gasteiger partial charge in [0, 0.05) is 11.4 Å². The van der Waals surface area contributed by atoms with Gasteiger partial charge in [-0.1, -0.05) is 36.8 Å². The van der Waals surface area contributed by atoms with Gasteiger partial charge in [-0.2, -0.15) is 0 Å². The van der Waals surface area contributed by atoms with Crippen LogP contribution in [0.5, 0.6) is 0 Å². The topological polar surface area (TPSA) is 32.3 Å². The first kappa shape index (κ1) is 16.2. The van der Waals surface area contributed by atoms with E-state index in [1.165, 1.54) is 21.6 Å². The molecule has 1 N–H and O–H groups in total. The van der Waals surface area contributed by atoms with Crippen LogP contribution in [0.1, 0.15) is 41.0 Å². The number of nitrogens with zero attached hydrogens (tertiary/aromatic N) is 1. The molecule has 23 heavy (non-hydrogen) atoms. The third-order valence-corrected chi connectivity index (χ3v) is 5.38. The number of carbonyl (C=O) groups is 1. The number of amides is 1. The monoisotopic (exact) mass is 328 g/mol. The van der Waals surface area contributed by atoms with Crippen molar-refractivity contribution in [3.05, 3.63) is 57.3 Å². The van der Waals surface area contributed by atoms with Crippen molar-refractivity contribution in [1.82, 2.24) is 10.2 Å². The maximum atomic E-state index is 12.7. The Morgan fingerprint density at radius 1 is 1.30 bits per heavy atom. The first-order valence-electron chi connectivity index (χ1n) is 8.33. The van der Waals surface area contributed by atoms with E-state index in [9.17, 15) is 4.79 Å². The fourth-order valence-corrected chi connectivity index (χ4v) is 4.07. The fraction of sp³-hybridized carbons (Fsp3) is 0.421. The molecule has 3 rings (SSSR count). The zero-order chi connectivity index (χ0) is 16.2. The van der Waals surface area contributed by atoms with Crippen molar-refractivity contribution in [3.8, 4) is 0 Å². The Labute approximate surface area is 142 Å². The summed E-state index contributed by atoms with van der Waals surface area (Å²) in [5.41, 5.74) is 3.75. The molecule has 4 heteroatoms. The summed E-state index contributed by atoms with van der Waals surface area (Å²) in [4.78, 5) is 16.2. The van der Waals surface area contributed by atoms with Gasteiger partial charge in [-0.25, -0.2) is 0 Å². The van der Waals surface area contributed by atoms with Crippen LogP contribution in [0.3, 0.4) is 0 Å². The van der Waals surface area contributed by atoms with E-state index < -0.39 is 0 Å². The van der Waals surface area contributed by atoms with Crippen LogP contribution in [0.4, 0.5) is 0 Å². The van der Waals surface area contributed by atoms with Gasteiger partial charge in [0.25, 0.3) is 0 Å². The van der Waals surface area contributed by atoms with E-state index in [2.05, 4.69) is 54.9 Å². The van der Waals surface area contributed by atoms with Crippen LogP contribution in [-0.4, -0.2) is 30.4 Å². The van der Waals surface area contributed by atoms with E-state index in [0.717, 1.165) is 25.9 Å². The summed E-state index contributed by atoms with van der Waals surface area (Å²) in [6.45, 7) is 6.33. The molecule has 1 aromatic heterocycles. The van der Waals surface area contributed by atoms with Crippen molar-refractivity contribution in [2.24, 2.45) is 0 Å². The molecule has 122 valence electrons. The first-order chi connectivity index (χ1) is 11.2. The molecule has 0 bridgehead atoms. The lowest BCUT2D eigenvalue weighted by Gasteiger charge is -2.36. The number of nitrogens with one attached hydrogen (secondary N) is 1. The SMILES string of the molecule is CCCNCC(=O)N1CCc2sccc2[C@@H]1c1ccc(C)cc1. The van der Waals surface area contributed by atoms with Gasteiger partial charge in [0.05, 0.1) is 12.6 Å². The van der Waals surface area contributed by atoms with E-state index >= 15 is 0 Å². The van der Waals surface area contributed by atoms with Crippen LogP contribution in [0.25, 0.3) is 0 Å². The van der Waals surface area contributed by atoms with Gasteiger partial charge in [-0.3, -0.25) is 4.79 Å². The Balaban J connectivity index is 1.89. The molecule has 1 aromatic carbocycles. The largest absolute Gasteiger partial charge is 0.330 e. The Morgan fingerprint density at radius 2 is 2.09 bits per heavy atom. The van der Waals surface area contributed by atoms with Crippen molar-refractivity contribution < 1.29 is 4.79 Å². The number of fused-ring (bicyclic) bond motifs is 1. The molecule has 2 heterocycles. The van der Waals surface area contributed by atoms with Gasteiger partial charge in [-0.05, 0) is 48.9 Å². The third kappa shape index (κ3) is 3.48. The number of carbonyl (C=O) groups excluding carboxylic acids is 1. The van der Waals surface area contributed by atoms with Crippen molar-refractivity contribution in [3.63, 3.8) is 0 Å². The zero-order valence-corrected chi connectivity index (χ0v) is 14.7. The summed E-state index contributed by atoms with van der Waals surface area (Å²) in [6.07, 6.45) is 2.01. The Kier molecular flexibility index (Phi) is 5.13. The summed E-state index contributed by atoms with van der Waals surface area (Å²) in [6, 6.07) is 10.8. The standard InChI is InChI=1S/C19H24N2OS/c1-3-10-20-13-18(22)21-11-8-17-16(9-12-23-17)19(21)15-6-4-14(2)5-7-15/h4-7,9,12,19-20H,3,8,10-11,13H2,1-2H3/t19-/m0/s1. The van der Waals surface area contributed by atoms with Crippen LogP contribution in [0, 0.1) is 6.92 Å². The van der Waals surface area contributed by atoms with Crippen LogP contribution < -0.4 is 5.32 Å². The van der Waals surface area contributed by atoms with Gasteiger partial charge >= 0.3 is 0 Å².